The van der Waals surface area contributed by atoms with E-state index in [1.165, 1.54) is 6.20 Å². The van der Waals surface area contributed by atoms with Gasteiger partial charge < -0.3 is 5.32 Å². The monoisotopic (exact) mass is 238 g/mol. The van der Waals surface area contributed by atoms with Gasteiger partial charge in [-0.05, 0) is 0 Å². The normalized spacial score (nSPS) is 9.25. The molecule has 82 valence electrons. The number of nitrogens with one attached hydrogen (secondary N) is 1. The first-order valence-electron chi connectivity index (χ1n) is 4.16. The minimum absolute atomic E-state index is 0.0609. The third kappa shape index (κ3) is 2.93. The first-order chi connectivity index (χ1) is 7.54. The summed E-state index contributed by atoms with van der Waals surface area (Å²) in [5.41, 5.74) is -0.140. The van der Waals surface area contributed by atoms with Crippen molar-refractivity contribution in [2.24, 2.45) is 0 Å². The van der Waals surface area contributed by atoms with Gasteiger partial charge in [-0.25, -0.2) is 4.98 Å². The average molecular weight is 239 g/mol. The maximum absolute atomic E-state index is 10.7. The minimum Gasteiger partial charge on any atom is -0.359 e. The highest BCUT2D eigenvalue weighted by molar-refractivity contribution is 6.29. The lowest BCUT2D eigenvalue weighted by Gasteiger charge is -2.04. The van der Waals surface area contributed by atoms with E-state index in [4.69, 9.17) is 16.9 Å². The molecule has 1 N–H and O–H groups in total. The Morgan fingerprint density at radius 1 is 1.81 bits per heavy atom. The SMILES string of the molecule is C=C(Cl)CNc1ncc(C#N)cc1[N+](=O)[O-]. The summed E-state index contributed by atoms with van der Waals surface area (Å²) in [5, 5.41) is 22.2. The molecule has 1 aromatic rings. The predicted octanol–water partition coefficient (Wildman–Crippen LogP) is 2.03. The second kappa shape index (κ2) is 5.09. The van der Waals surface area contributed by atoms with Gasteiger partial charge in [-0.2, -0.15) is 5.26 Å². The molecule has 0 amide bonds. The van der Waals surface area contributed by atoms with Crippen molar-refractivity contribution in [3.8, 4) is 6.07 Å². The first kappa shape index (κ1) is 11.9. The summed E-state index contributed by atoms with van der Waals surface area (Å²) in [6.07, 6.45) is 1.24. The molecule has 0 saturated carbocycles. The smallest absolute Gasteiger partial charge is 0.312 e. The number of anilines is 1. The van der Waals surface area contributed by atoms with Gasteiger partial charge in [-0.3, -0.25) is 10.1 Å². The molecule has 0 atom stereocenters. The van der Waals surface area contributed by atoms with E-state index >= 15 is 0 Å². The highest BCUT2D eigenvalue weighted by Crippen LogP contribution is 2.22. The van der Waals surface area contributed by atoms with Gasteiger partial charge in [0, 0.05) is 17.3 Å². The lowest BCUT2D eigenvalue weighted by atomic mass is 10.3. The predicted molar refractivity (Wildman–Crippen MR) is 59.1 cm³/mol. The van der Waals surface area contributed by atoms with Crippen molar-refractivity contribution >= 4 is 23.1 Å². The number of nitro groups is 1. The summed E-state index contributed by atoms with van der Waals surface area (Å²) in [6.45, 7) is 3.60. The molecule has 0 aliphatic carbocycles. The Morgan fingerprint density at radius 3 is 3.00 bits per heavy atom. The minimum atomic E-state index is -0.618. The summed E-state index contributed by atoms with van der Waals surface area (Å²) in [6, 6.07) is 2.92. The molecule has 0 saturated heterocycles. The van der Waals surface area contributed by atoms with Crippen molar-refractivity contribution in [2.45, 2.75) is 0 Å². The van der Waals surface area contributed by atoms with E-state index in [1.54, 1.807) is 6.07 Å². The third-order valence-electron chi connectivity index (χ3n) is 1.64. The van der Waals surface area contributed by atoms with Crippen LogP contribution in [0.2, 0.25) is 0 Å². The van der Waals surface area contributed by atoms with E-state index in [0.29, 0.717) is 5.03 Å². The molecule has 0 aliphatic rings. The number of nitriles is 1. The summed E-state index contributed by atoms with van der Waals surface area (Å²) in [5.74, 6) is 0.0609. The van der Waals surface area contributed by atoms with Gasteiger partial charge in [0.1, 0.15) is 6.07 Å². The molecular formula is C9H7ClN4O2. The van der Waals surface area contributed by atoms with Gasteiger partial charge in [0.15, 0.2) is 0 Å². The largest absolute Gasteiger partial charge is 0.359 e. The van der Waals surface area contributed by atoms with E-state index in [0.717, 1.165) is 6.07 Å². The number of halogens is 1. The highest BCUT2D eigenvalue weighted by atomic mass is 35.5. The number of aromatic nitrogens is 1. The van der Waals surface area contributed by atoms with E-state index in [1.807, 2.05) is 0 Å². The molecule has 1 heterocycles. The van der Waals surface area contributed by atoms with Crippen molar-refractivity contribution in [2.75, 3.05) is 11.9 Å². The van der Waals surface area contributed by atoms with Crippen LogP contribution in [0.4, 0.5) is 11.5 Å². The van der Waals surface area contributed by atoms with Gasteiger partial charge in [-0.1, -0.05) is 18.2 Å². The summed E-state index contributed by atoms with van der Waals surface area (Å²) in [4.78, 5) is 13.8. The van der Waals surface area contributed by atoms with Gasteiger partial charge in [0.25, 0.3) is 0 Å². The Bertz CT molecular complexity index is 481. The summed E-state index contributed by atoms with van der Waals surface area (Å²) in [7, 11) is 0. The molecule has 0 fully saturated rings. The van der Waals surface area contributed by atoms with Crippen LogP contribution in [0.25, 0.3) is 0 Å². The molecule has 0 unspecified atom stereocenters. The molecule has 1 rings (SSSR count). The van der Waals surface area contributed by atoms with Crippen LogP contribution in [0.15, 0.2) is 23.9 Å². The van der Waals surface area contributed by atoms with Crippen molar-refractivity contribution in [3.05, 3.63) is 39.6 Å². The second-order valence-electron chi connectivity index (χ2n) is 2.83. The second-order valence-corrected chi connectivity index (χ2v) is 3.37. The maximum atomic E-state index is 10.7. The van der Waals surface area contributed by atoms with Gasteiger partial charge in [0.2, 0.25) is 5.82 Å². The molecule has 0 aromatic carbocycles. The fraction of sp³-hybridized carbons (Fsp3) is 0.111. The number of nitrogens with zero attached hydrogens (tertiary/aromatic N) is 3. The van der Waals surface area contributed by atoms with Crippen LogP contribution in [0.1, 0.15) is 5.56 Å². The molecule has 0 radical (unpaired) electrons. The van der Waals surface area contributed by atoms with Crippen LogP contribution in [0, 0.1) is 21.4 Å². The molecule has 6 nitrogen and oxygen atoms in total. The fourth-order valence-corrected chi connectivity index (χ4v) is 1.04. The van der Waals surface area contributed by atoms with E-state index < -0.39 is 4.92 Å². The van der Waals surface area contributed by atoms with Crippen LogP contribution in [-0.2, 0) is 0 Å². The quantitative estimate of drug-likeness (QED) is 0.640. The number of pyridine rings is 1. The zero-order chi connectivity index (χ0) is 12.1. The van der Waals surface area contributed by atoms with Crippen molar-refractivity contribution < 1.29 is 4.92 Å². The Kier molecular flexibility index (Phi) is 3.80. The van der Waals surface area contributed by atoms with Gasteiger partial charge in [0.05, 0.1) is 17.0 Å². The Balaban J connectivity index is 3.04. The van der Waals surface area contributed by atoms with Crippen molar-refractivity contribution in [1.82, 2.24) is 4.98 Å². The van der Waals surface area contributed by atoms with Crippen LogP contribution < -0.4 is 5.32 Å². The first-order valence-corrected chi connectivity index (χ1v) is 4.54. The number of hydrogen-bond acceptors (Lipinski definition) is 5. The summed E-state index contributed by atoms with van der Waals surface area (Å²) < 4.78 is 0. The maximum Gasteiger partial charge on any atom is 0.312 e. The summed E-state index contributed by atoms with van der Waals surface area (Å²) >= 11 is 5.51. The van der Waals surface area contributed by atoms with Crippen LogP contribution in [0.5, 0.6) is 0 Å². The van der Waals surface area contributed by atoms with E-state index in [-0.39, 0.29) is 23.6 Å². The zero-order valence-electron chi connectivity index (χ0n) is 8.11. The topological polar surface area (TPSA) is 91.8 Å². The van der Waals surface area contributed by atoms with Crippen molar-refractivity contribution in [3.63, 3.8) is 0 Å². The van der Waals surface area contributed by atoms with E-state index in [9.17, 15) is 10.1 Å². The van der Waals surface area contributed by atoms with Gasteiger partial charge in [-0.15, -0.1) is 0 Å². The molecule has 0 spiro atoms. The number of hydrogen-bond donors (Lipinski definition) is 1. The molecule has 16 heavy (non-hydrogen) atoms. The molecule has 7 heteroatoms. The van der Waals surface area contributed by atoms with Crippen molar-refractivity contribution in [1.29, 1.82) is 5.26 Å². The average Bonchev–Trinajstić information content (AvgIpc) is 2.25. The molecule has 0 aliphatic heterocycles. The lowest BCUT2D eigenvalue weighted by molar-refractivity contribution is -0.384. The Hall–Kier alpha value is -2.13. The standard InChI is InChI=1S/C9H7ClN4O2/c1-6(10)4-12-9-8(14(15)16)2-7(3-11)5-13-9/h2,5H,1,4H2,(H,12,13). The Morgan fingerprint density at radius 2 is 2.50 bits per heavy atom. The van der Waals surface area contributed by atoms with Crippen LogP contribution >= 0.6 is 11.6 Å². The lowest BCUT2D eigenvalue weighted by Crippen LogP contribution is -2.06. The molecule has 1 aromatic heterocycles. The fourth-order valence-electron chi connectivity index (χ4n) is 0.969. The van der Waals surface area contributed by atoms with E-state index in [2.05, 4.69) is 16.9 Å². The third-order valence-corrected chi connectivity index (χ3v) is 1.77. The number of rotatable bonds is 4. The van der Waals surface area contributed by atoms with Gasteiger partial charge >= 0.3 is 5.69 Å². The highest BCUT2D eigenvalue weighted by Gasteiger charge is 2.15. The molecular weight excluding hydrogens is 232 g/mol. The zero-order valence-corrected chi connectivity index (χ0v) is 8.86. The van der Waals surface area contributed by atoms with Crippen LogP contribution in [-0.4, -0.2) is 16.5 Å². The van der Waals surface area contributed by atoms with Crippen LogP contribution in [0.3, 0.4) is 0 Å². The molecule has 0 bridgehead atoms. The Labute approximate surface area is 96.3 Å².